The summed E-state index contributed by atoms with van der Waals surface area (Å²) in [5.41, 5.74) is -0.775. The molecule has 0 rings (SSSR count). The van der Waals surface area contributed by atoms with Gasteiger partial charge >= 0.3 is 5.97 Å². The Hall–Kier alpha value is -1.05. The number of rotatable bonds is 6. The van der Waals surface area contributed by atoms with E-state index in [0.29, 0.717) is 6.42 Å². The van der Waals surface area contributed by atoms with E-state index in [1.165, 1.54) is 6.08 Å². The van der Waals surface area contributed by atoms with Crippen molar-refractivity contribution in [2.24, 2.45) is 5.41 Å². The van der Waals surface area contributed by atoms with Crippen molar-refractivity contribution in [1.82, 2.24) is 0 Å². The van der Waals surface area contributed by atoms with E-state index in [2.05, 4.69) is 13.2 Å². The fraction of sp³-hybridized carbons (Fsp3) is 0.500. The molecular formula is C10H16O2. The zero-order valence-electron chi connectivity index (χ0n) is 7.55. The van der Waals surface area contributed by atoms with Crippen LogP contribution in [0.4, 0.5) is 0 Å². The SMILES string of the molecule is C=CCCCC(C)(C=C)C(=O)O. The quantitative estimate of drug-likeness (QED) is 0.489. The van der Waals surface area contributed by atoms with Crippen molar-refractivity contribution < 1.29 is 9.90 Å². The first kappa shape index (κ1) is 11.0. The second kappa shape index (κ2) is 4.75. The van der Waals surface area contributed by atoms with Crippen LogP contribution in [-0.4, -0.2) is 11.1 Å². The van der Waals surface area contributed by atoms with Crippen LogP contribution >= 0.6 is 0 Å². The smallest absolute Gasteiger partial charge is 0.313 e. The fourth-order valence-corrected chi connectivity index (χ4v) is 0.910. The van der Waals surface area contributed by atoms with Gasteiger partial charge < -0.3 is 5.11 Å². The van der Waals surface area contributed by atoms with Crippen LogP contribution in [0.25, 0.3) is 0 Å². The number of carboxylic acid groups (broad SMARTS) is 1. The van der Waals surface area contributed by atoms with Crippen molar-refractivity contribution in [2.45, 2.75) is 26.2 Å². The van der Waals surface area contributed by atoms with Crippen molar-refractivity contribution in [3.63, 3.8) is 0 Å². The minimum absolute atomic E-state index is 0.623. The fourth-order valence-electron chi connectivity index (χ4n) is 0.910. The molecular weight excluding hydrogens is 152 g/mol. The second-order valence-corrected chi connectivity index (χ2v) is 3.11. The van der Waals surface area contributed by atoms with Gasteiger partial charge in [-0.1, -0.05) is 12.2 Å². The summed E-state index contributed by atoms with van der Waals surface area (Å²) in [6, 6.07) is 0. The molecule has 68 valence electrons. The average molecular weight is 168 g/mol. The molecule has 0 aromatic heterocycles. The molecule has 1 atom stereocenters. The molecule has 1 N–H and O–H groups in total. The topological polar surface area (TPSA) is 37.3 Å². The van der Waals surface area contributed by atoms with Crippen LogP contribution in [0.3, 0.4) is 0 Å². The van der Waals surface area contributed by atoms with Crippen LogP contribution in [0.5, 0.6) is 0 Å². The molecule has 0 aliphatic heterocycles. The predicted molar refractivity (Wildman–Crippen MR) is 50.0 cm³/mol. The van der Waals surface area contributed by atoms with Gasteiger partial charge in [-0.05, 0) is 26.2 Å². The Morgan fingerprint density at radius 1 is 1.58 bits per heavy atom. The first-order chi connectivity index (χ1) is 5.56. The average Bonchev–Trinajstić information content (AvgIpc) is 2.04. The predicted octanol–water partition coefficient (Wildman–Crippen LogP) is 2.62. The lowest BCUT2D eigenvalue weighted by molar-refractivity contribution is -0.145. The highest BCUT2D eigenvalue weighted by Gasteiger charge is 2.28. The highest BCUT2D eigenvalue weighted by molar-refractivity contribution is 5.76. The molecule has 0 fully saturated rings. The molecule has 0 amide bonds. The second-order valence-electron chi connectivity index (χ2n) is 3.11. The van der Waals surface area contributed by atoms with E-state index in [1.54, 1.807) is 13.0 Å². The van der Waals surface area contributed by atoms with Gasteiger partial charge in [0, 0.05) is 0 Å². The Labute approximate surface area is 73.6 Å². The molecule has 0 spiro atoms. The number of allylic oxidation sites excluding steroid dienone is 1. The van der Waals surface area contributed by atoms with E-state index in [4.69, 9.17) is 5.11 Å². The maximum Gasteiger partial charge on any atom is 0.313 e. The van der Waals surface area contributed by atoms with E-state index in [9.17, 15) is 4.79 Å². The van der Waals surface area contributed by atoms with Gasteiger partial charge in [-0.3, -0.25) is 4.79 Å². The van der Waals surface area contributed by atoms with Crippen molar-refractivity contribution in [3.05, 3.63) is 25.3 Å². The van der Waals surface area contributed by atoms with Crippen LogP contribution < -0.4 is 0 Å². The van der Waals surface area contributed by atoms with E-state index in [0.717, 1.165) is 12.8 Å². The molecule has 2 heteroatoms. The zero-order valence-corrected chi connectivity index (χ0v) is 7.55. The third-order valence-corrected chi connectivity index (χ3v) is 2.04. The number of aliphatic carboxylic acids is 1. The molecule has 0 heterocycles. The van der Waals surface area contributed by atoms with Crippen LogP contribution in [-0.2, 0) is 4.79 Å². The molecule has 1 unspecified atom stereocenters. The third kappa shape index (κ3) is 2.91. The van der Waals surface area contributed by atoms with E-state index >= 15 is 0 Å². The van der Waals surface area contributed by atoms with Gasteiger partial charge in [0.15, 0.2) is 0 Å². The molecule has 2 nitrogen and oxygen atoms in total. The highest BCUT2D eigenvalue weighted by atomic mass is 16.4. The minimum atomic E-state index is -0.804. The van der Waals surface area contributed by atoms with Gasteiger partial charge in [-0.15, -0.1) is 13.2 Å². The van der Waals surface area contributed by atoms with Crippen molar-refractivity contribution in [3.8, 4) is 0 Å². The number of hydrogen-bond acceptors (Lipinski definition) is 1. The standard InChI is InChI=1S/C10H16O2/c1-4-6-7-8-10(3,5-2)9(11)12/h4-5H,1-2,6-8H2,3H3,(H,11,12). The third-order valence-electron chi connectivity index (χ3n) is 2.04. The lowest BCUT2D eigenvalue weighted by Gasteiger charge is -2.19. The van der Waals surface area contributed by atoms with Gasteiger partial charge in [-0.25, -0.2) is 0 Å². The summed E-state index contributed by atoms with van der Waals surface area (Å²) in [4.78, 5) is 10.7. The summed E-state index contributed by atoms with van der Waals surface area (Å²) in [5.74, 6) is -0.804. The normalized spacial score (nSPS) is 14.8. The molecule has 0 aromatic rings. The molecule has 0 saturated heterocycles. The van der Waals surface area contributed by atoms with Crippen LogP contribution in [0.15, 0.2) is 25.3 Å². The zero-order chi connectivity index (χ0) is 9.61. The van der Waals surface area contributed by atoms with E-state index in [1.807, 2.05) is 0 Å². The lowest BCUT2D eigenvalue weighted by atomic mass is 9.85. The van der Waals surface area contributed by atoms with Crippen molar-refractivity contribution >= 4 is 5.97 Å². The molecule has 0 aliphatic rings. The van der Waals surface area contributed by atoms with Crippen LogP contribution in [0, 0.1) is 5.41 Å². The summed E-state index contributed by atoms with van der Waals surface area (Å²) >= 11 is 0. The Morgan fingerprint density at radius 3 is 2.50 bits per heavy atom. The number of carbonyl (C=O) groups is 1. The van der Waals surface area contributed by atoms with Crippen molar-refractivity contribution in [2.75, 3.05) is 0 Å². The van der Waals surface area contributed by atoms with Gasteiger partial charge in [-0.2, -0.15) is 0 Å². The maximum absolute atomic E-state index is 10.7. The number of unbranched alkanes of at least 4 members (excludes halogenated alkanes) is 1. The molecule has 0 radical (unpaired) electrons. The van der Waals surface area contributed by atoms with Crippen LogP contribution in [0.1, 0.15) is 26.2 Å². The van der Waals surface area contributed by atoms with Gasteiger partial charge in [0.1, 0.15) is 0 Å². The minimum Gasteiger partial charge on any atom is -0.481 e. The van der Waals surface area contributed by atoms with E-state index < -0.39 is 11.4 Å². The molecule has 0 aliphatic carbocycles. The Kier molecular flexibility index (Phi) is 4.34. The van der Waals surface area contributed by atoms with E-state index in [-0.39, 0.29) is 0 Å². The number of hydrogen-bond donors (Lipinski definition) is 1. The van der Waals surface area contributed by atoms with Gasteiger partial charge in [0.25, 0.3) is 0 Å². The summed E-state index contributed by atoms with van der Waals surface area (Å²) in [6.07, 6.45) is 5.62. The summed E-state index contributed by atoms with van der Waals surface area (Å²) in [5, 5.41) is 8.83. The molecule has 0 aromatic carbocycles. The van der Waals surface area contributed by atoms with Gasteiger partial charge in [0.05, 0.1) is 5.41 Å². The largest absolute Gasteiger partial charge is 0.481 e. The Morgan fingerprint density at radius 2 is 2.17 bits per heavy atom. The maximum atomic E-state index is 10.7. The lowest BCUT2D eigenvalue weighted by Crippen LogP contribution is -2.24. The summed E-state index contributed by atoms with van der Waals surface area (Å²) in [6.45, 7) is 8.79. The Bertz CT molecular complexity index is 184. The van der Waals surface area contributed by atoms with Crippen LogP contribution in [0.2, 0.25) is 0 Å². The Balaban J connectivity index is 4.05. The van der Waals surface area contributed by atoms with Crippen molar-refractivity contribution in [1.29, 1.82) is 0 Å². The first-order valence-corrected chi connectivity index (χ1v) is 4.04. The molecule has 0 saturated carbocycles. The number of carboxylic acids is 1. The first-order valence-electron chi connectivity index (χ1n) is 4.04. The molecule has 0 bridgehead atoms. The monoisotopic (exact) mass is 168 g/mol. The summed E-state index contributed by atoms with van der Waals surface area (Å²) in [7, 11) is 0. The summed E-state index contributed by atoms with van der Waals surface area (Å²) < 4.78 is 0. The highest BCUT2D eigenvalue weighted by Crippen LogP contribution is 2.25. The van der Waals surface area contributed by atoms with Gasteiger partial charge in [0.2, 0.25) is 0 Å². The molecule has 12 heavy (non-hydrogen) atoms.